The largest absolute Gasteiger partial charge is 0.385 e. The number of carbonyl (C=O) groups excluding carboxylic acids is 1. The number of carbonyl (C=O) groups is 1. The van der Waals surface area contributed by atoms with Crippen LogP contribution in [-0.2, 0) is 4.74 Å². The Kier molecular flexibility index (Phi) is 5.92. The van der Waals surface area contributed by atoms with E-state index >= 15 is 0 Å². The Balaban J connectivity index is 2.18. The summed E-state index contributed by atoms with van der Waals surface area (Å²) in [6, 6.07) is 4.76. The highest BCUT2D eigenvalue weighted by Gasteiger charge is 2.24. The molecule has 1 fully saturated rings. The highest BCUT2D eigenvalue weighted by Crippen LogP contribution is 2.31. The van der Waals surface area contributed by atoms with Crippen molar-refractivity contribution >= 4 is 17.3 Å². The van der Waals surface area contributed by atoms with Gasteiger partial charge in [0.25, 0.3) is 11.6 Å². The van der Waals surface area contributed by atoms with E-state index in [1.165, 1.54) is 6.07 Å². The molecule has 0 atom stereocenters. The summed E-state index contributed by atoms with van der Waals surface area (Å²) in [5, 5.41) is 11.4. The van der Waals surface area contributed by atoms with Gasteiger partial charge in [-0.25, -0.2) is 0 Å². The molecule has 0 saturated carbocycles. The molecule has 0 radical (unpaired) electrons. The molecule has 126 valence electrons. The molecule has 1 aromatic carbocycles. The lowest BCUT2D eigenvalue weighted by atomic mass is 10.1. The van der Waals surface area contributed by atoms with Gasteiger partial charge in [0.05, 0.1) is 4.92 Å². The normalized spacial score (nSPS) is 14.1. The molecule has 7 nitrogen and oxygen atoms in total. The number of anilines is 1. The molecule has 7 heteroatoms. The molecule has 1 saturated heterocycles. The second-order valence-electron chi connectivity index (χ2n) is 5.73. The highest BCUT2D eigenvalue weighted by molar-refractivity contribution is 5.95. The van der Waals surface area contributed by atoms with Crippen molar-refractivity contribution in [3.8, 4) is 0 Å². The zero-order valence-electron chi connectivity index (χ0n) is 13.7. The smallest absolute Gasteiger partial charge is 0.293 e. The maximum absolute atomic E-state index is 12.4. The van der Waals surface area contributed by atoms with E-state index in [0.29, 0.717) is 24.4 Å². The molecule has 0 N–H and O–H groups in total. The molecule has 0 unspecified atom stereocenters. The molecule has 2 rings (SSSR count). The Hall–Kier alpha value is -2.15. The van der Waals surface area contributed by atoms with Crippen LogP contribution in [0.25, 0.3) is 0 Å². The second-order valence-corrected chi connectivity index (χ2v) is 5.73. The molecule has 0 spiro atoms. The first kappa shape index (κ1) is 17.2. The molecule has 23 heavy (non-hydrogen) atoms. The third-order valence-electron chi connectivity index (χ3n) is 4.05. The van der Waals surface area contributed by atoms with Crippen molar-refractivity contribution in [1.82, 2.24) is 4.90 Å². The SMILES string of the molecule is COCCCN(C)C(=O)c1ccc(N2CCCC2)c([N+](=O)[O-])c1. The van der Waals surface area contributed by atoms with Crippen LogP contribution in [0.5, 0.6) is 0 Å². The van der Waals surface area contributed by atoms with Crippen molar-refractivity contribution in [2.75, 3.05) is 45.3 Å². The van der Waals surface area contributed by atoms with E-state index < -0.39 is 4.92 Å². The van der Waals surface area contributed by atoms with Gasteiger partial charge in [0.1, 0.15) is 5.69 Å². The van der Waals surface area contributed by atoms with E-state index in [-0.39, 0.29) is 11.6 Å². The Morgan fingerprint density at radius 1 is 1.39 bits per heavy atom. The lowest BCUT2D eigenvalue weighted by molar-refractivity contribution is -0.384. The van der Waals surface area contributed by atoms with Crippen LogP contribution in [0.15, 0.2) is 18.2 Å². The number of benzene rings is 1. The summed E-state index contributed by atoms with van der Waals surface area (Å²) in [6.45, 7) is 2.77. The lowest BCUT2D eigenvalue weighted by Crippen LogP contribution is -2.28. The van der Waals surface area contributed by atoms with E-state index in [0.717, 1.165) is 32.4 Å². The number of nitrogens with zero attached hydrogens (tertiary/aromatic N) is 3. The van der Waals surface area contributed by atoms with Gasteiger partial charge in [0, 0.05) is 52.0 Å². The Morgan fingerprint density at radius 3 is 2.70 bits per heavy atom. The quantitative estimate of drug-likeness (QED) is 0.437. The van der Waals surface area contributed by atoms with Gasteiger partial charge in [-0.15, -0.1) is 0 Å². The third kappa shape index (κ3) is 4.19. The molecule has 1 aromatic rings. The van der Waals surface area contributed by atoms with E-state index in [1.54, 1.807) is 31.2 Å². The van der Waals surface area contributed by atoms with Crippen molar-refractivity contribution in [2.24, 2.45) is 0 Å². The van der Waals surface area contributed by atoms with Crippen LogP contribution in [0, 0.1) is 10.1 Å². The molecule has 1 heterocycles. The van der Waals surface area contributed by atoms with Gasteiger partial charge in [-0.2, -0.15) is 0 Å². The van der Waals surface area contributed by atoms with Crippen LogP contribution in [0.1, 0.15) is 29.6 Å². The maximum Gasteiger partial charge on any atom is 0.293 e. The summed E-state index contributed by atoms with van der Waals surface area (Å²) in [4.78, 5) is 26.9. The maximum atomic E-state index is 12.4. The molecule has 0 aliphatic carbocycles. The van der Waals surface area contributed by atoms with Gasteiger partial charge in [0.15, 0.2) is 0 Å². The molecular formula is C16H23N3O4. The first-order valence-corrected chi connectivity index (χ1v) is 7.82. The number of hydrogen-bond acceptors (Lipinski definition) is 5. The van der Waals surface area contributed by atoms with E-state index in [1.807, 2.05) is 4.90 Å². The number of nitro benzene ring substituents is 1. The molecule has 0 aromatic heterocycles. The minimum absolute atomic E-state index is 0.00282. The number of nitro groups is 1. The van der Waals surface area contributed by atoms with Gasteiger partial charge in [-0.05, 0) is 31.4 Å². The van der Waals surface area contributed by atoms with E-state index in [4.69, 9.17) is 4.74 Å². The molecule has 1 aliphatic rings. The fourth-order valence-corrected chi connectivity index (χ4v) is 2.80. The van der Waals surface area contributed by atoms with E-state index in [9.17, 15) is 14.9 Å². The Labute approximate surface area is 136 Å². The number of methoxy groups -OCH3 is 1. The van der Waals surface area contributed by atoms with Crippen molar-refractivity contribution in [1.29, 1.82) is 0 Å². The minimum Gasteiger partial charge on any atom is -0.385 e. The predicted molar refractivity (Wildman–Crippen MR) is 88.0 cm³/mol. The summed E-state index contributed by atoms with van der Waals surface area (Å²) in [5.41, 5.74) is 0.952. The number of hydrogen-bond donors (Lipinski definition) is 0. The topological polar surface area (TPSA) is 75.9 Å². The minimum atomic E-state index is -0.407. The first-order valence-electron chi connectivity index (χ1n) is 7.82. The van der Waals surface area contributed by atoms with Crippen molar-refractivity contribution in [3.63, 3.8) is 0 Å². The number of ether oxygens (including phenoxy) is 1. The summed E-state index contributed by atoms with van der Waals surface area (Å²) in [5.74, 6) is -0.211. The van der Waals surface area contributed by atoms with Gasteiger partial charge in [0.2, 0.25) is 0 Å². The van der Waals surface area contributed by atoms with Gasteiger partial charge in [-0.3, -0.25) is 14.9 Å². The average molecular weight is 321 g/mol. The molecule has 1 aliphatic heterocycles. The van der Waals surface area contributed by atoms with Crippen LogP contribution in [0.3, 0.4) is 0 Å². The predicted octanol–water partition coefficient (Wildman–Crippen LogP) is 2.30. The van der Waals surface area contributed by atoms with Crippen molar-refractivity contribution in [3.05, 3.63) is 33.9 Å². The van der Waals surface area contributed by atoms with Crippen molar-refractivity contribution in [2.45, 2.75) is 19.3 Å². The monoisotopic (exact) mass is 321 g/mol. The van der Waals surface area contributed by atoms with Crippen LogP contribution < -0.4 is 4.90 Å². The molecule has 1 amide bonds. The lowest BCUT2D eigenvalue weighted by Gasteiger charge is -2.20. The van der Waals surface area contributed by atoms with Crippen molar-refractivity contribution < 1.29 is 14.5 Å². The van der Waals surface area contributed by atoms with Gasteiger partial charge < -0.3 is 14.5 Å². The zero-order chi connectivity index (χ0) is 16.8. The summed E-state index contributed by atoms with van der Waals surface area (Å²) in [7, 11) is 3.31. The standard InChI is InChI=1S/C16H23N3O4/c1-17(8-5-11-23-2)16(20)13-6-7-14(15(12-13)19(21)22)18-9-3-4-10-18/h6-7,12H,3-5,8-11H2,1-2H3. The van der Waals surface area contributed by atoms with Gasteiger partial charge in [-0.1, -0.05) is 0 Å². The fourth-order valence-electron chi connectivity index (χ4n) is 2.80. The summed E-state index contributed by atoms with van der Waals surface area (Å²) < 4.78 is 4.97. The van der Waals surface area contributed by atoms with E-state index in [2.05, 4.69) is 0 Å². The highest BCUT2D eigenvalue weighted by atomic mass is 16.6. The fraction of sp³-hybridized carbons (Fsp3) is 0.562. The number of amides is 1. The van der Waals surface area contributed by atoms with Crippen LogP contribution in [0.4, 0.5) is 11.4 Å². The first-order chi connectivity index (χ1) is 11.0. The Bertz CT molecular complexity index is 570. The van der Waals surface area contributed by atoms with Crippen LogP contribution in [-0.4, -0.2) is 56.1 Å². The van der Waals surface area contributed by atoms with Crippen LogP contribution in [0.2, 0.25) is 0 Å². The molecule has 0 bridgehead atoms. The summed E-state index contributed by atoms with van der Waals surface area (Å²) in [6.07, 6.45) is 2.81. The van der Waals surface area contributed by atoms with Gasteiger partial charge >= 0.3 is 0 Å². The number of rotatable bonds is 7. The Morgan fingerprint density at radius 2 is 2.09 bits per heavy atom. The zero-order valence-corrected chi connectivity index (χ0v) is 13.7. The van der Waals surface area contributed by atoms with Crippen LogP contribution >= 0.6 is 0 Å². The molecular weight excluding hydrogens is 298 g/mol. The summed E-state index contributed by atoms with van der Waals surface area (Å²) >= 11 is 0. The second kappa shape index (κ2) is 7.92. The third-order valence-corrected chi connectivity index (χ3v) is 4.05. The average Bonchev–Trinajstić information content (AvgIpc) is 3.08.